The average molecular weight is 251 g/mol. The quantitative estimate of drug-likeness (QED) is 0.630. The van der Waals surface area contributed by atoms with Gasteiger partial charge in [0, 0.05) is 37.8 Å². The highest BCUT2D eigenvalue weighted by Crippen LogP contribution is 2.18. The predicted molar refractivity (Wildman–Crippen MR) is 68.7 cm³/mol. The number of benzene rings is 1. The zero-order valence-electron chi connectivity index (χ0n) is 10.8. The van der Waals surface area contributed by atoms with Crippen molar-refractivity contribution in [3.8, 4) is 0 Å². The molecule has 0 bridgehead atoms. The molecule has 6 heteroatoms. The van der Waals surface area contributed by atoms with E-state index in [1.807, 2.05) is 7.05 Å². The number of hydrogen-bond acceptors (Lipinski definition) is 4. The molecule has 18 heavy (non-hydrogen) atoms. The van der Waals surface area contributed by atoms with E-state index in [9.17, 15) is 14.9 Å². The number of rotatable bonds is 5. The van der Waals surface area contributed by atoms with E-state index in [-0.39, 0.29) is 11.6 Å². The van der Waals surface area contributed by atoms with Crippen LogP contribution in [-0.4, -0.2) is 42.9 Å². The summed E-state index contributed by atoms with van der Waals surface area (Å²) in [6, 6.07) is 4.27. The van der Waals surface area contributed by atoms with Crippen molar-refractivity contribution in [1.29, 1.82) is 0 Å². The minimum absolute atomic E-state index is 0.00179. The van der Waals surface area contributed by atoms with Crippen LogP contribution >= 0.6 is 0 Å². The number of hydrogen-bond donors (Lipinski definition) is 1. The second kappa shape index (κ2) is 6.11. The Bertz CT molecular complexity index is 460. The molecule has 1 aromatic carbocycles. The van der Waals surface area contributed by atoms with E-state index in [1.54, 1.807) is 18.9 Å². The number of nitrogens with one attached hydrogen (secondary N) is 1. The van der Waals surface area contributed by atoms with Crippen molar-refractivity contribution in [3.05, 3.63) is 39.4 Å². The lowest BCUT2D eigenvalue weighted by Crippen LogP contribution is -2.33. The number of nitrogens with zero attached hydrogens (tertiary/aromatic N) is 2. The molecule has 0 fully saturated rings. The van der Waals surface area contributed by atoms with Crippen LogP contribution in [-0.2, 0) is 0 Å². The molecule has 0 heterocycles. The number of nitro benzene ring substituents is 1. The maximum absolute atomic E-state index is 12.1. The zero-order chi connectivity index (χ0) is 13.7. The van der Waals surface area contributed by atoms with Gasteiger partial charge in [0.2, 0.25) is 0 Å². The van der Waals surface area contributed by atoms with Crippen molar-refractivity contribution in [2.45, 2.75) is 6.92 Å². The Labute approximate surface area is 106 Å². The molecule has 6 nitrogen and oxygen atoms in total. The first-order valence-electron chi connectivity index (χ1n) is 5.62. The zero-order valence-corrected chi connectivity index (χ0v) is 10.8. The van der Waals surface area contributed by atoms with Crippen LogP contribution in [0.3, 0.4) is 0 Å². The van der Waals surface area contributed by atoms with Crippen molar-refractivity contribution < 1.29 is 9.72 Å². The third-order valence-electron chi connectivity index (χ3n) is 2.70. The van der Waals surface area contributed by atoms with E-state index in [4.69, 9.17) is 0 Å². The summed E-state index contributed by atoms with van der Waals surface area (Å²) in [6.07, 6.45) is 0. The number of amides is 1. The van der Waals surface area contributed by atoms with Gasteiger partial charge in [0.05, 0.1) is 4.92 Å². The van der Waals surface area contributed by atoms with Gasteiger partial charge in [0.25, 0.3) is 11.6 Å². The van der Waals surface area contributed by atoms with E-state index in [0.717, 1.165) is 0 Å². The largest absolute Gasteiger partial charge is 0.340 e. The molecule has 0 spiro atoms. The Morgan fingerprint density at radius 1 is 1.50 bits per heavy atom. The molecule has 1 amide bonds. The van der Waals surface area contributed by atoms with Crippen molar-refractivity contribution in [2.75, 3.05) is 27.2 Å². The maximum Gasteiger partial charge on any atom is 0.269 e. The lowest BCUT2D eigenvalue weighted by molar-refractivity contribution is -0.384. The fraction of sp³-hybridized carbons (Fsp3) is 0.417. The topological polar surface area (TPSA) is 75.5 Å². The lowest BCUT2D eigenvalue weighted by Gasteiger charge is -2.17. The van der Waals surface area contributed by atoms with Crippen LogP contribution < -0.4 is 5.32 Å². The molecule has 0 atom stereocenters. The number of carbonyl (C=O) groups excluding carboxylic acids is 1. The molecule has 0 aliphatic heterocycles. The second-order valence-corrected chi connectivity index (χ2v) is 4.09. The van der Waals surface area contributed by atoms with Gasteiger partial charge in [-0.15, -0.1) is 0 Å². The van der Waals surface area contributed by atoms with Crippen LogP contribution in [0.4, 0.5) is 5.69 Å². The van der Waals surface area contributed by atoms with Gasteiger partial charge >= 0.3 is 0 Å². The average Bonchev–Trinajstić information content (AvgIpc) is 2.34. The van der Waals surface area contributed by atoms with Gasteiger partial charge in [-0.3, -0.25) is 14.9 Å². The normalized spacial score (nSPS) is 10.2. The molecule has 1 N–H and O–H groups in total. The number of likely N-dealkylation sites (N-methyl/N-ethyl adjacent to an activating group) is 2. The monoisotopic (exact) mass is 251 g/mol. The summed E-state index contributed by atoms with van der Waals surface area (Å²) in [5, 5.41) is 13.6. The predicted octanol–water partition coefficient (Wildman–Crippen LogP) is 1.19. The van der Waals surface area contributed by atoms with Crippen molar-refractivity contribution in [1.82, 2.24) is 10.2 Å². The van der Waals surface area contributed by atoms with Gasteiger partial charge < -0.3 is 10.2 Å². The third kappa shape index (κ3) is 3.27. The summed E-state index contributed by atoms with van der Waals surface area (Å²) in [7, 11) is 3.52. The standard InChI is InChI=1S/C12H17N3O3/c1-9-8-10(15(17)18)4-5-11(9)12(16)14(3)7-6-13-2/h4-5,8,13H,6-7H2,1-3H3. The molecule has 0 aliphatic rings. The Balaban J connectivity index is 2.89. The van der Waals surface area contributed by atoms with Crippen LogP contribution in [0.1, 0.15) is 15.9 Å². The fourth-order valence-corrected chi connectivity index (χ4v) is 1.59. The number of non-ortho nitro benzene ring substituents is 1. The number of nitro groups is 1. The summed E-state index contributed by atoms with van der Waals surface area (Å²) < 4.78 is 0. The summed E-state index contributed by atoms with van der Waals surface area (Å²) in [4.78, 5) is 23.8. The highest BCUT2D eigenvalue weighted by Gasteiger charge is 2.16. The van der Waals surface area contributed by atoms with E-state index in [1.165, 1.54) is 18.2 Å². The van der Waals surface area contributed by atoms with Crippen molar-refractivity contribution in [2.24, 2.45) is 0 Å². The van der Waals surface area contributed by atoms with E-state index < -0.39 is 4.92 Å². The number of carbonyl (C=O) groups is 1. The SMILES string of the molecule is CNCCN(C)C(=O)c1ccc([N+](=O)[O-])cc1C. The first kappa shape index (κ1) is 14.1. The molecule has 0 aliphatic carbocycles. The van der Waals surface area contributed by atoms with Crippen LogP contribution in [0, 0.1) is 17.0 Å². The Hall–Kier alpha value is -1.95. The van der Waals surface area contributed by atoms with Gasteiger partial charge in [-0.05, 0) is 25.6 Å². The molecular formula is C12H17N3O3. The van der Waals surface area contributed by atoms with Crippen LogP contribution in [0.15, 0.2) is 18.2 Å². The first-order chi connectivity index (χ1) is 8.47. The highest BCUT2D eigenvalue weighted by molar-refractivity contribution is 5.95. The first-order valence-corrected chi connectivity index (χ1v) is 5.62. The van der Waals surface area contributed by atoms with E-state index in [2.05, 4.69) is 5.32 Å². The molecule has 0 aromatic heterocycles. The Morgan fingerprint density at radius 3 is 2.67 bits per heavy atom. The smallest absolute Gasteiger partial charge is 0.269 e. The van der Waals surface area contributed by atoms with E-state index in [0.29, 0.717) is 24.2 Å². The molecule has 98 valence electrons. The maximum atomic E-state index is 12.1. The minimum Gasteiger partial charge on any atom is -0.340 e. The van der Waals surface area contributed by atoms with Crippen LogP contribution in [0.25, 0.3) is 0 Å². The minimum atomic E-state index is -0.466. The molecule has 1 aromatic rings. The molecule has 0 saturated carbocycles. The summed E-state index contributed by atoms with van der Waals surface area (Å²) >= 11 is 0. The Kier molecular flexibility index (Phi) is 4.79. The second-order valence-electron chi connectivity index (χ2n) is 4.09. The van der Waals surface area contributed by atoms with Gasteiger partial charge in [-0.25, -0.2) is 0 Å². The molecule has 0 saturated heterocycles. The van der Waals surface area contributed by atoms with Gasteiger partial charge in [0.15, 0.2) is 0 Å². The fourth-order valence-electron chi connectivity index (χ4n) is 1.59. The van der Waals surface area contributed by atoms with Gasteiger partial charge in [0.1, 0.15) is 0 Å². The molecular weight excluding hydrogens is 234 g/mol. The van der Waals surface area contributed by atoms with Gasteiger partial charge in [-0.1, -0.05) is 0 Å². The lowest BCUT2D eigenvalue weighted by atomic mass is 10.1. The molecule has 1 rings (SSSR count). The summed E-state index contributed by atoms with van der Waals surface area (Å²) in [5.74, 6) is -0.127. The van der Waals surface area contributed by atoms with Gasteiger partial charge in [-0.2, -0.15) is 0 Å². The third-order valence-corrected chi connectivity index (χ3v) is 2.70. The highest BCUT2D eigenvalue weighted by atomic mass is 16.6. The van der Waals surface area contributed by atoms with Crippen molar-refractivity contribution >= 4 is 11.6 Å². The number of aryl methyl sites for hydroxylation is 1. The molecule has 0 unspecified atom stereocenters. The molecule has 0 radical (unpaired) electrons. The van der Waals surface area contributed by atoms with Crippen molar-refractivity contribution in [3.63, 3.8) is 0 Å². The summed E-state index contributed by atoms with van der Waals surface area (Å²) in [6.45, 7) is 2.99. The Morgan fingerprint density at radius 2 is 2.17 bits per heavy atom. The van der Waals surface area contributed by atoms with Crippen LogP contribution in [0.5, 0.6) is 0 Å². The summed E-state index contributed by atoms with van der Waals surface area (Å²) in [5.41, 5.74) is 1.12. The van der Waals surface area contributed by atoms with E-state index >= 15 is 0 Å². The van der Waals surface area contributed by atoms with Crippen LogP contribution in [0.2, 0.25) is 0 Å².